The van der Waals surface area contributed by atoms with Crippen LogP contribution in [0.3, 0.4) is 0 Å². The zero-order chi connectivity index (χ0) is 62.6. The quantitative estimate of drug-likeness (QED) is 0.0894. The molecule has 0 atom stereocenters. The third kappa shape index (κ3) is 11.0. The molecule has 0 bridgehead atoms. The van der Waals surface area contributed by atoms with Crippen molar-refractivity contribution in [1.82, 2.24) is 0 Å². The first-order valence-corrected chi connectivity index (χ1v) is 32.1. The summed E-state index contributed by atoms with van der Waals surface area (Å²) in [6.45, 7) is 0. The van der Waals surface area contributed by atoms with E-state index in [1.54, 1.807) is 0 Å². The predicted molar refractivity (Wildman–Crippen MR) is 399 cm³/mol. The van der Waals surface area contributed by atoms with Crippen molar-refractivity contribution in [3.63, 3.8) is 0 Å². The molecule has 0 fully saturated rings. The molecule has 0 saturated carbocycles. The van der Waals surface area contributed by atoms with Gasteiger partial charge in [0.1, 0.15) is 0 Å². The smallest absolute Gasteiger partial charge is 0.0468 e. The molecule has 0 aliphatic carbocycles. The van der Waals surface area contributed by atoms with Crippen LogP contribution >= 0.6 is 0 Å². The van der Waals surface area contributed by atoms with E-state index in [1.165, 1.54) is 16.3 Å². The number of anilines is 12. The highest BCUT2D eigenvalue weighted by Crippen LogP contribution is 2.52. The SMILES string of the molecule is c1ccc(-c2cc(-c3ccc(N(c4ccccc4)c4ccccc4)cc3)c3c4ccc(N(c5ccccc5)c5ccccc5)cc4c4cc(-c5ccc(N(c6ccccc6)c6ccccc6)cc5)ccc4c3c2-c2ccc(N(c3ccccc3)c3ccccc3)cc2)cc1. The molecule has 0 N–H and O–H groups in total. The lowest BCUT2D eigenvalue weighted by Gasteiger charge is -2.27. The fourth-order valence-electron chi connectivity index (χ4n) is 13.7. The molecule has 0 spiro atoms. The van der Waals surface area contributed by atoms with Crippen molar-refractivity contribution < 1.29 is 0 Å². The maximum atomic E-state index is 2.48. The molecule has 4 nitrogen and oxygen atoms in total. The summed E-state index contributed by atoms with van der Waals surface area (Å²) >= 11 is 0. The number of hydrogen-bond donors (Lipinski definition) is 0. The molecule has 0 unspecified atom stereocenters. The summed E-state index contributed by atoms with van der Waals surface area (Å²) < 4.78 is 0. The molecular formula is C90H64N4. The number of nitrogens with zero attached hydrogens (tertiary/aromatic N) is 4. The van der Waals surface area contributed by atoms with E-state index in [9.17, 15) is 0 Å². The summed E-state index contributed by atoms with van der Waals surface area (Å²) in [5.74, 6) is 0. The molecule has 444 valence electrons. The van der Waals surface area contributed by atoms with Gasteiger partial charge >= 0.3 is 0 Å². The van der Waals surface area contributed by atoms with Gasteiger partial charge in [-0.2, -0.15) is 0 Å². The predicted octanol–water partition coefficient (Wildman–Crippen LogP) is 25.7. The standard InChI is InChI=1S/C90H64N4/c1-10-28-66(29-11-1)84-64-85(67-48-55-79(56-49-67)92(72-34-16-4-17-35-72)73-36-18-5-19-37-73)89-82-61-59-81(94(76-42-24-8-25-43-76)77-44-26-9-27-45-77)63-87(82)86-62-69(65-46-53-78(54-47-65)91(70-30-12-2-13-31-70)71-32-14-3-15-33-71)52-60-83(86)90(89)88(84)68-50-57-80(58-51-68)93(74-38-20-6-21-39-74)75-40-22-7-23-41-75/h1-64H. The number of para-hydroxylation sites is 8. The first-order valence-electron chi connectivity index (χ1n) is 32.1. The largest absolute Gasteiger partial charge is 0.311 e. The summed E-state index contributed by atoms with van der Waals surface area (Å²) in [4.78, 5) is 9.38. The monoisotopic (exact) mass is 1200 g/mol. The van der Waals surface area contributed by atoms with E-state index < -0.39 is 0 Å². The van der Waals surface area contributed by atoms with Gasteiger partial charge < -0.3 is 19.6 Å². The topological polar surface area (TPSA) is 13.0 Å². The molecule has 0 amide bonds. The first kappa shape index (κ1) is 56.7. The van der Waals surface area contributed by atoms with Gasteiger partial charge in [-0.05, 0) is 235 Å². The van der Waals surface area contributed by atoms with Crippen LogP contribution in [-0.4, -0.2) is 0 Å². The van der Waals surface area contributed by atoms with E-state index in [4.69, 9.17) is 0 Å². The Morgan fingerprint density at radius 3 is 0.766 bits per heavy atom. The molecule has 0 aliphatic rings. The number of rotatable bonds is 16. The zero-order valence-corrected chi connectivity index (χ0v) is 51.7. The number of fused-ring (bicyclic) bond motifs is 6. The maximum absolute atomic E-state index is 2.48. The highest BCUT2D eigenvalue weighted by atomic mass is 15.2. The van der Waals surface area contributed by atoms with Crippen LogP contribution in [0.2, 0.25) is 0 Å². The van der Waals surface area contributed by atoms with Crippen molar-refractivity contribution in [2.45, 2.75) is 0 Å². The fourth-order valence-corrected chi connectivity index (χ4v) is 13.7. The molecule has 0 saturated heterocycles. The normalized spacial score (nSPS) is 11.2. The van der Waals surface area contributed by atoms with Crippen LogP contribution in [0.1, 0.15) is 0 Å². The summed E-state index contributed by atoms with van der Waals surface area (Å²) in [6, 6.07) is 141. The molecule has 94 heavy (non-hydrogen) atoms. The van der Waals surface area contributed by atoms with Gasteiger partial charge in [-0.15, -0.1) is 0 Å². The summed E-state index contributed by atoms with van der Waals surface area (Å²) in [5, 5.41) is 7.01. The van der Waals surface area contributed by atoms with Crippen LogP contribution in [0, 0.1) is 0 Å². The van der Waals surface area contributed by atoms with E-state index in [-0.39, 0.29) is 0 Å². The van der Waals surface area contributed by atoms with Gasteiger partial charge in [0, 0.05) is 68.2 Å². The van der Waals surface area contributed by atoms with Crippen LogP contribution in [0.4, 0.5) is 68.2 Å². The van der Waals surface area contributed by atoms with Crippen molar-refractivity contribution >= 4 is 101 Å². The van der Waals surface area contributed by atoms with Crippen LogP contribution in [-0.2, 0) is 0 Å². The number of hydrogen-bond acceptors (Lipinski definition) is 4. The van der Waals surface area contributed by atoms with Gasteiger partial charge in [-0.25, -0.2) is 0 Å². The average Bonchev–Trinajstić information content (AvgIpc) is 0.708. The van der Waals surface area contributed by atoms with Gasteiger partial charge in [0.25, 0.3) is 0 Å². The van der Waals surface area contributed by atoms with E-state index in [1.807, 2.05) is 0 Å². The summed E-state index contributed by atoms with van der Waals surface area (Å²) in [6.07, 6.45) is 0. The molecule has 16 aromatic rings. The van der Waals surface area contributed by atoms with E-state index in [2.05, 4.69) is 408 Å². The molecule has 0 heterocycles. The van der Waals surface area contributed by atoms with Crippen molar-refractivity contribution in [2.75, 3.05) is 19.6 Å². The van der Waals surface area contributed by atoms with Crippen LogP contribution in [0.25, 0.3) is 76.8 Å². The van der Waals surface area contributed by atoms with Crippen LogP contribution < -0.4 is 19.6 Å². The van der Waals surface area contributed by atoms with Gasteiger partial charge in [0.05, 0.1) is 0 Å². The summed E-state index contributed by atoms with van der Waals surface area (Å²) in [5.41, 5.74) is 22.1. The Kier molecular flexibility index (Phi) is 15.3. The second-order valence-electron chi connectivity index (χ2n) is 23.6. The number of benzene rings is 16. The molecule has 4 heteroatoms. The van der Waals surface area contributed by atoms with Crippen molar-refractivity contribution in [3.05, 3.63) is 388 Å². The Bertz CT molecular complexity index is 5070. The Morgan fingerprint density at radius 2 is 0.394 bits per heavy atom. The second kappa shape index (κ2) is 25.4. The molecule has 0 radical (unpaired) electrons. The molecule has 0 aliphatic heterocycles. The van der Waals surface area contributed by atoms with Gasteiger partial charge in [0.15, 0.2) is 0 Å². The highest BCUT2D eigenvalue weighted by molar-refractivity contribution is 6.33. The Balaban J connectivity index is 0.977. The fraction of sp³-hybridized carbons (Fsp3) is 0. The Morgan fingerprint density at radius 1 is 0.138 bits per heavy atom. The average molecular weight is 1200 g/mol. The minimum atomic E-state index is 1.06. The minimum absolute atomic E-state index is 1.06. The second-order valence-corrected chi connectivity index (χ2v) is 23.6. The third-order valence-corrected chi connectivity index (χ3v) is 17.9. The van der Waals surface area contributed by atoms with E-state index >= 15 is 0 Å². The van der Waals surface area contributed by atoms with Gasteiger partial charge in [0.2, 0.25) is 0 Å². The van der Waals surface area contributed by atoms with Crippen molar-refractivity contribution in [1.29, 1.82) is 0 Å². The molecule has 16 aromatic carbocycles. The Hall–Kier alpha value is -12.5. The van der Waals surface area contributed by atoms with Gasteiger partial charge in [-0.3, -0.25) is 0 Å². The first-order chi connectivity index (χ1) is 46.7. The van der Waals surface area contributed by atoms with E-state index in [0.29, 0.717) is 0 Å². The molecular weight excluding hydrogens is 1140 g/mol. The van der Waals surface area contributed by atoms with Crippen LogP contribution in [0.15, 0.2) is 388 Å². The maximum Gasteiger partial charge on any atom is 0.0468 e. The molecule has 0 aromatic heterocycles. The summed E-state index contributed by atoms with van der Waals surface area (Å²) in [7, 11) is 0. The Labute approximate surface area is 549 Å². The van der Waals surface area contributed by atoms with Crippen molar-refractivity contribution in [3.8, 4) is 44.5 Å². The molecule has 16 rings (SSSR count). The highest BCUT2D eigenvalue weighted by Gasteiger charge is 2.25. The van der Waals surface area contributed by atoms with E-state index in [0.717, 1.165) is 129 Å². The third-order valence-electron chi connectivity index (χ3n) is 17.9. The lowest BCUT2D eigenvalue weighted by atomic mass is 9.81. The van der Waals surface area contributed by atoms with Crippen molar-refractivity contribution in [2.24, 2.45) is 0 Å². The van der Waals surface area contributed by atoms with Gasteiger partial charge in [-0.1, -0.05) is 231 Å². The minimum Gasteiger partial charge on any atom is -0.311 e. The zero-order valence-electron chi connectivity index (χ0n) is 51.7. The lowest BCUT2D eigenvalue weighted by Crippen LogP contribution is -2.09. The lowest BCUT2D eigenvalue weighted by molar-refractivity contribution is 1.28. The van der Waals surface area contributed by atoms with Crippen LogP contribution in [0.5, 0.6) is 0 Å².